The van der Waals surface area contributed by atoms with E-state index in [1.807, 2.05) is 61.5 Å². The number of nitrogens with one attached hydrogen (secondary N) is 2. The number of anilines is 1. The van der Waals surface area contributed by atoms with E-state index in [1.165, 1.54) is 36.4 Å². The van der Waals surface area contributed by atoms with Crippen molar-refractivity contribution in [1.82, 2.24) is 5.43 Å². The van der Waals surface area contributed by atoms with Crippen LogP contribution >= 0.6 is 15.9 Å². The summed E-state index contributed by atoms with van der Waals surface area (Å²) in [6, 6.07) is 30.5. The first kappa shape index (κ1) is 24.4. The normalized spacial score (nSPS) is 11.7. The van der Waals surface area contributed by atoms with Gasteiger partial charge in [-0.15, -0.1) is 0 Å². The number of sulfonamides is 1. The summed E-state index contributed by atoms with van der Waals surface area (Å²) < 4.78 is 28.3. The maximum atomic E-state index is 12.5. The fourth-order valence-electron chi connectivity index (χ4n) is 3.32. The lowest BCUT2D eigenvalue weighted by Crippen LogP contribution is -2.19. The fourth-order valence-corrected chi connectivity index (χ4v) is 4.64. The molecule has 0 aliphatic rings. The zero-order valence-electron chi connectivity index (χ0n) is 18.8. The van der Waals surface area contributed by atoms with Crippen molar-refractivity contribution in [2.75, 3.05) is 4.72 Å². The predicted molar refractivity (Wildman–Crippen MR) is 143 cm³/mol. The maximum Gasteiger partial charge on any atom is 0.271 e. The number of rotatable bonds is 7. The molecule has 8 heteroatoms. The second kappa shape index (κ2) is 10.7. The van der Waals surface area contributed by atoms with Gasteiger partial charge in [-0.2, -0.15) is 5.10 Å². The molecule has 4 aromatic carbocycles. The van der Waals surface area contributed by atoms with Crippen molar-refractivity contribution in [1.29, 1.82) is 0 Å². The molecule has 6 nitrogen and oxygen atoms in total. The second-order valence-corrected chi connectivity index (χ2v) is 10.3. The number of amides is 1. The summed E-state index contributed by atoms with van der Waals surface area (Å²) in [6.45, 7) is 1.82. The summed E-state index contributed by atoms with van der Waals surface area (Å²) in [6.07, 6.45) is 0. The molecule has 0 unspecified atom stereocenters. The van der Waals surface area contributed by atoms with Gasteiger partial charge in [-0.05, 0) is 72.1 Å². The Balaban J connectivity index is 1.38. The minimum absolute atomic E-state index is 0.143. The molecule has 0 heterocycles. The Morgan fingerprint density at radius 2 is 1.31 bits per heavy atom. The van der Waals surface area contributed by atoms with Crippen LogP contribution in [0, 0.1) is 0 Å². The summed E-state index contributed by atoms with van der Waals surface area (Å²) >= 11 is 3.28. The third-order valence-electron chi connectivity index (χ3n) is 5.26. The molecular weight excluding hydrogens is 526 g/mol. The molecule has 0 bridgehead atoms. The quantitative estimate of drug-likeness (QED) is 0.217. The molecule has 176 valence electrons. The average Bonchev–Trinajstić information content (AvgIpc) is 2.88. The van der Waals surface area contributed by atoms with E-state index in [9.17, 15) is 13.2 Å². The highest BCUT2D eigenvalue weighted by molar-refractivity contribution is 9.10. The van der Waals surface area contributed by atoms with Crippen molar-refractivity contribution in [2.45, 2.75) is 11.8 Å². The van der Waals surface area contributed by atoms with Gasteiger partial charge in [0, 0.05) is 15.7 Å². The molecule has 0 fully saturated rings. The Labute approximate surface area is 212 Å². The van der Waals surface area contributed by atoms with Crippen LogP contribution in [0.3, 0.4) is 0 Å². The number of benzene rings is 4. The molecule has 2 N–H and O–H groups in total. The van der Waals surface area contributed by atoms with Crippen molar-refractivity contribution in [3.8, 4) is 11.1 Å². The molecule has 0 spiro atoms. The van der Waals surface area contributed by atoms with Gasteiger partial charge in [0.15, 0.2) is 0 Å². The molecular formula is C27H22BrN3O3S. The zero-order chi connectivity index (χ0) is 24.8. The summed E-state index contributed by atoms with van der Waals surface area (Å²) in [5.74, 6) is -0.396. The lowest BCUT2D eigenvalue weighted by molar-refractivity contribution is 0.0955. The predicted octanol–water partition coefficient (Wildman–Crippen LogP) is 6.07. The third-order valence-corrected chi connectivity index (χ3v) is 7.18. The number of carbonyl (C=O) groups is 1. The van der Waals surface area contributed by atoms with E-state index in [4.69, 9.17) is 0 Å². The van der Waals surface area contributed by atoms with Crippen LogP contribution < -0.4 is 10.1 Å². The summed E-state index contributed by atoms with van der Waals surface area (Å²) in [4.78, 5) is 12.7. The first-order valence-corrected chi connectivity index (χ1v) is 13.0. The number of hydrogen-bond donors (Lipinski definition) is 2. The molecule has 1 amide bonds. The first-order valence-electron chi connectivity index (χ1n) is 10.7. The number of nitrogens with zero attached hydrogens (tertiary/aromatic N) is 1. The van der Waals surface area contributed by atoms with Gasteiger partial charge in [-0.1, -0.05) is 70.5 Å². The van der Waals surface area contributed by atoms with E-state index >= 15 is 0 Å². The molecule has 4 aromatic rings. The van der Waals surface area contributed by atoms with Crippen LogP contribution in [0.15, 0.2) is 118 Å². The van der Waals surface area contributed by atoms with E-state index < -0.39 is 15.9 Å². The lowest BCUT2D eigenvalue weighted by Gasteiger charge is -2.09. The fraction of sp³-hybridized carbons (Fsp3) is 0.0370. The van der Waals surface area contributed by atoms with Crippen LogP contribution in [0.25, 0.3) is 11.1 Å². The zero-order valence-corrected chi connectivity index (χ0v) is 21.2. The smallest absolute Gasteiger partial charge is 0.271 e. The summed E-state index contributed by atoms with van der Waals surface area (Å²) in [5, 5.41) is 4.20. The van der Waals surface area contributed by atoms with Gasteiger partial charge in [0.25, 0.3) is 15.9 Å². The topological polar surface area (TPSA) is 87.6 Å². The molecule has 0 saturated carbocycles. The van der Waals surface area contributed by atoms with Crippen LogP contribution in [-0.2, 0) is 10.0 Å². The first-order chi connectivity index (χ1) is 16.8. The summed E-state index contributed by atoms with van der Waals surface area (Å²) in [5.41, 5.74) is 7.04. The molecule has 0 atom stereocenters. The number of hydrazone groups is 1. The van der Waals surface area contributed by atoms with Gasteiger partial charge >= 0.3 is 0 Å². The van der Waals surface area contributed by atoms with Gasteiger partial charge < -0.3 is 0 Å². The average molecular weight is 548 g/mol. The molecule has 0 saturated heterocycles. The third kappa shape index (κ3) is 6.23. The van der Waals surface area contributed by atoms with Gasteiger partial charge in [-0.3, -0.25) is 9.52 Å². The highest BCUT2D eigenvalue weighted by Gasteiger charge is 2.14. The highest BCUT2D eigenvalue weighted by Crippen LogP contribution is 2.20. The Morgan fingerprint density at radius 1 is 0.743 bits per heavy atom. The van der Waals surface area contributed by atoms with Crippen molar-refractivity contribution < 1.29 is 13.2 Å². The number of halogens is 1. The largest absolute Gasteiger partial charge is 0.280 e. The number of hydrogen-bond acceptors (Lipinski definition) is 4. The van der Waals surface area contributed by atoms with Gasteiger partial charge in [0.05, 0.1) is 10.6 Å². The Hall–Kier alpha value is -3.75. The molecule has 0 aliphatic heterocycles. The van der Waals surface area contributed by atoms with Crippen molar-refractivity contribution >= 4 is 43.3 Å². The Kier molecular flexibility index (Phi) is 7.43. The molecule has 0 aromatic heterocycles. The van der Waals surface area contributed by atoms with Crippen molar-refractivity contribution in [3.63, 3.8) is 0 Å². The Bertz CT molecular complexity index is 1450. The number of carbonyl (C=O) groups excluding carboxylic acids is 1. The van der Waals surface area contributed by atoms with Crippen LogP contribution in [0.2, 0.25) is 0 Å². The minimum Gasteiger partial charge on any atom is -0.280 e. The van der Waals surface area contributed by atoms with Crippen LogP contribution in [0.1, 0.15) is 22.8 Å². The van der Waals surface area contributed by atoms with Crippen LogP contribution in [0.5, 0.6) is 0 Å². The SMILES string of the molecule is C/C(=N\NC(=O)c1ccc(NS(=O)(=O)c2ccc(Br)cc2)cc1)c1ccc(-c2ccccc2)cc1. The summed E-state index contributed by atoms with van der Waals surface area (Å²) in [7, 11) is -3.73. The molecule has 0 radical (unpaired) electrons. The van der Waals surface area contributed by atoms with Gasteiger partial charge in [-0.25, -0.2) is 13.8 Å². The van der Waals surface area contributed by atoms with E-state index in [0.717, 1.165) is 21.2 Å². The van der Waals surface area contributed by atoms with E-state index in [0.29, 0.717) is 17.0 Å². The molecule has 4 rings (SSSR count). The van der Waals surface area contributed by atoms with E-state index in [-0.39, 0.29) is 4.90 Å². The monoisotopic (exact) mass is 547 g/mol. The van der Waals surface area contributed by atoms with Gasteiger partial charge in [0.2, 0.25) is 0 Å². The maximum absolute atomic E-state index is 12.5. The van der Waals surface area contributed by atoms with Crippen molar-refractivity contribution in [3.05, 3.63) is 119 Å². The molecule has 35 heavy (non-hydrogen) atoms. The molecule has 0 aliphatic carbocycles. The van der Waals surface area contributed by atoms with Crippen molar-refractivity contribution in [2.24, 2.45) is 5.10 Å². The second-order valence-electron chi connectivity index (χ2n) is 7.72. The highest BCUT2D eigenvalue weighted by atomic mass is 79.9. The van der Waals surface area contributed by atoms with Crippen LogP contribution in [0.4, 0.5) is 5.69 Å². The van der Waals surface area contributed by atoms with E-state index in [2.05, 4.69) is 31.2 Å². The van der Waals surface area contributed by atoms with Crippen LogP contribution in [-0.4, -0.2) is 20.0 Å². The standard InChI is InChI=1S/C27H22BrN3O3S/c1-19(20-7-9-22(10-8-20)21-5-3-2-4-6-21)29-30-27(32)23-11-15-25(16-12-23)31-35(33,34)26-17-13-24(28)14-18-26/h2-18,31H,1H3,(H,30,32)/b29-19+. The van der Waals surface area contributed by atoms with Gasteiger partial charge in [0.1, 0.15) is 0 Å². The lowest BCUT2D eigenvalue weighted by atomic mass is 10.0. The van der Waals surface area contributed by atoms with E-state index in [1.54, 1.807) is 12.1 Å². The Morgan fingerprint density at radius 3 is 1.94 bits per heavy atom. The minimum atomic E-state index is -3.73.